The molecule has 0 bridgehead atoms. The summed E-state index contributed by atoms with van der Waals surface area (Å²) in [4.78, 5) is 19.0. The van der Waals surface area contributed by atoms with Gasteiger partial charge in [-0.15, -0.1) is 0 Å². The SMILES string of the molecule is O=C(NCCc1cn2ccccc2n1)N[C@H]1CCN(c2ccccc2)C1. The van der Waals surface area contributed by atoms with Crippen LogP contribution in [0.5, 0.6) is 0 Å². The lowest BCUT2D eigenvalue weighted by Gasteiger charge is -2.19. The number of rotatable bonds is 5. The van der Waals surface area contributed by atoms with Crippen LogP contribution in [0.3, 0.4) is 0 Å². The normalized spacial score (nSPS) is 16.8. The molecule has 1 aliphatic rings. The number of nitrogens with zero attached hydrogens (tertiary/aromatic N) is 3. The highest BCUT2D eigenvalue weighted by atomic mass is 16.2. The first-order valence-corrected chi connectivity index (χ1v) is 9.05. The first-order chi connectivity index (χ1) is 12.8. The number of amides is 2. The van der Waals surface area contributed by atoms with Crippen molar-refractivity contribution in [2.24, 2.45) is 0 Å². The van der Waals surface area contributed by atoms with Gasteiger partial charge in [-0.3, -0.25) is 0 Å². The molecule has 1 atom stereocenters. The summed E-state index contributed by atoms with van der Waals surface area (Å²) in [5.41, 5.74) is 3.12. The van der Waals surface area contributed by atoms with Gasteiger partial charge in [-0.2, -0.15) is 0 Å². The molecular formula is C20H23N5O. The maximum atomic E-state index is 12.1. The van der Waals surface area contributed by atoms with Crippen LogP contribution in [-0.4, -0.2) is 41.1 Å². The Bertz CT molecular complexity index is 843. The summed E-state index contributed by atoms with van der Waals surface area (Å²) in [6.45, 7) is 2.39. The van der Waals surface area contributed by atoms with E-state index in [1.54, 1.807) is 0 Å². The number of hydrogen-bond acceptors (Lipinski definition) is 3. The third kappa shape index (κ3) is 3.79. The van der Waals surface area contributed by atoms with Crippen molar-refractivity contribution in [2.45, 2.75) is 18.9 Å². The van der Waals surface area contributed by atoms with Gasteiger partial charge in [0.05, 0.1) is 5.69 Å². The summed E-state index contributed by atoms with van der Waals surface area (Å²) in [7, 11) is 0. The van der Waals surface area contributed by atoms with Crippen molar-refractivity contribution in [3.63, 3.8) is 0 Å². The van der Waals surface area contributed by atoms with Gasteiger partial charge in [0, 0.05) is 50.2 Å². The zero-order valence-electron chi connectivity index (χ0n) is 14.6. The Morgan fingerprint density at radius 3 is 2.85 bits per heavy atom. The van der Waals surface area contributed by atoms with Crippen LogP contribution in [0, 0.1) is 0 Å². The number of hydrogen-bond donors (Lipinski definition) is 2. The fourth-order valence-corrected chi connectivity index (χ4v) is 3.40. The van der Waals surface area contributed by atoms with Gasteiger partial charge >= 0.3 is 6.03 Å². The summed E-state index contributed by atoms with van der Waals surface area (Å²) in [6, 6.07) is 16.3. The Morgan fingerprint density at radius 1 is 1.15 bits per heavy atom. The molecule has 1 aromatic carbocycles. The Balaban J connectivity index is 1.22. The van der Waals surface area contributed by atoms with Crippen LogP contribution in [0.25, 0.3) is 5.65 Å². The number of para-hydroxylation sites is 1. The van der Waals surface area contributed by atoms with E-state index in [2.05, 4.69) is 32.7 Å². The van der Waals surface area contributed by atoms with Crippen molar-refractivity contribution in [1.29, 1.82) is 0 Å². The number of pyridine rings is 1. The van der Waals surface area contributed by atoms with E-state index in [-0.39, 0.29) is 12.1 Å². The summed E-state index contributed by atoms with van der Waals surface area (Å²) >= 11 is 0. The second-order valence-corrected chi connectivity index (χ2v) is 6.62. The van der Waals surface area contributed by atoms with E-state index in [1.165, 1.54) is 5.69 Å². The number of anilines is 1. The van der Waals surface area contributed by atoms with Gasteiger partial charge in [0.15, 0.2) is 0 Å². The number of carbonyl (C=O) groups is 1. The fraction of sp³-hybridized carbons (Fsp3) is 0.300. The largest absolute Gasteiger partial charge is 0.369 e. The molecule has 134 valence electrons. The molecule has 0 unspecified atom stereocenters. The van der Waals surface area contributed by atoms with Gasteiger partial charge in [-0.05, 0) is 30.7 Å². The molecule has 6 heteroatoms. The lowest BCUT2D eigenvalue weighted by molar-refractivity contribution is 0.238. The minimum Gasteiger partial charge on any atom is -0.369 e. The van der Waals surface area contributed by atoms with Crippen molar-refractivity contribution in [3.8, 4) is 0 Å². The topological polar surface area (TPSA) is 61.7 Å². The Morgan fingerprint density at radius 2 is 2.00 bits per heavy atom. The highest BCUT2D eigenvalue weighted by Gasteiger charge is 2.23. The van der Waals surface area contributed by atoms with Gasteiger partial charge in [0.1, 0.15) is 5.65 Å². The van der Waals surface area contributed by atoms with Crippen molar-refractivity contribution >= 4 is 17.4 Å². The average Bonchev–Trinajstić information content (AvgIpc) is 3.29. The average molecular weight is 349 g/mol. The zero-order valence-corrected chi connectivity index (χ0v) is 14.6. The van der Waals surface area contributed by atoms with Crippen LogP contribution < -0.4 is 15.5 Å². The first kappa shape index (κ1) is 16.4. The summed E-state index contributed by atoms with van der Waals surface area (Å²) in [5.74, 6) is 0. The van der Waals surface area contributed by atoms with E-state index in [0.717, 1.165) is 37.3 Å². The molecule has 0 radical (unpaired) electrons. The quantitative estimate of drug-likeness (QED) is 0.744. The lowest BCUT2D eigenvalue weighted by Crippen LogP contribution is -2.43. The maximum absolute atomic E-state index is 12.1. The summed E-state index contributed by atoms with van der Waals surface area (Å²) in [5, 5.41) is 6.01. The number of fused-ring (bicyclic) bond motifs is 1. The molecule has 2 amide bonds. The Hall–Kier alpha value is -3.02. The smallest absolute Gasteiger partial charge is 0.315 e. The highest BCUT2D eigenvalue weighted by molar-refractivity contribution is 5.74. The standard InChI is InChI=1S/C20H23N5O/c26-20(21-11-9-16-15-25-12-5-4-8-19(25)22-16)23-17-10-13-24(14-17)18-6-2-1-3-7-18/h1-8,12,15,17H,9-11,13-14H2,(H2,21,23,26)/t17-/m0/s1. The van der Waals surface area contributed by atoms with Gasteiger partial charge < -0.3 is 19.9 Å². The van der Waals surface area contributed by atoms with Crippen LogP contribution in [0.2, 0.25) is 0 Å². The summed E-state index contributed by atoms with van der Waals surface area (Å²) < 4.78 is 1.99. The number of imidazole rings is 1. The number of nitrogens with one attached hydrogen (secondary N) is 2. The van der Waals surface area contributed by atoms with Gasteiger partial charge in [-0.25, -0.2) is 9.78 Å². The van der Waals surface area contributed by atoms with Crippen LogP contribution >= 0.6 is 0 Å². The second-order valence-electron chi connectivity index (χ2n) is 6.62. The molecule has 1 aliphatic heterocycles. The van der Waals surface area contributed by atoms with Crippen molar-refractivity contribution in [3.05, 3.63) is 66.6 Å². The molecule has 0 saturated carbocycles. The van der Waals surface area contributed by atoms with Gasteiger partial charge in [0.25, 0.3) is 0 Å². The third-order valence-electron chi connectivity index (χ3n) is 4.73. The summed E-state index contributed by atoms with van der Waals surface area (Å²) in [6.07, 6.45) is 5.67. The molecule has 0 aliphatic carbocycles. The molecule has 3 aromatic rings. The van der Waals surface area contributed by atoms with Crippen molar-refractivity contribution in [1.82, 2.24) is 20.0 Å². The zero-order chi connectivity index (χ0) is 17.8. The highest BCUT2D eigenvalue weighted by Crippen LogP contribution is 2.19. The number of aromatic nitrogens is 2. The predicted octanol–water partition coefficient (Wildman–Crippen LogP) is 2.45. The van der Waals surface area contributed by atoms with E-state index in [9.17, 15) is 4.79 Å². The fourth-order valence-electron chi connectivity index (χ4n) is 3.40. The minimum absolute atomic E-state index is 0.103. The Kier molecular flexibility index (Phi) is 4.73. The molecule has 2 N–H and O–H groups in total. The van der Waals surface area contributed by atoms with Gasteiger partial charge in [0.2, 0.25) is 0 Å². The van der Waals surface area contributed by atoms with E-state index in [0.29, 0.717) is 6.54 Å². The molecule has 2 aromatic heterocycles. The van der Waals surface area contributed by atoms with Crippen LogP contribution in [0.4, 0.5) is 10.5 Å². The van der Waals surface area contributed by atoms with Crippen LogP contribution in [0.15, 0.2) is 60.9 Å². The first-order valence-electron chi connectivity index (χ1n) is 9.05. The van der Waals surface area contributed by atoms with E-state index < -0.39 is 0 Å². The van der Waals surface area contributed by atoms with E-state index >= 15 is 0 Å². The predicted molar refractivity (Wildman–Crippen MR) is 102 cm³/mol. The molecule has 26 heavy (non-hydrogen) atoms. The molecule has 4 rings (SSSR count). The molecule has 6 nitrogen and oxygen atoms in total. The molecule has 1 saturated heterocycles. The number of urea groups is 1. The Labute approximate surface area is 152 Å². The van der Waals surface area contributed by atoms with Crippen molar-refractivity contribution < 1.29 is 4.79 Å². The molecule has 3 heterocycles. The monoisotopic (exact) mass is 349 g/mol. The van der Waals surface area contributed by atoms with Gasteiger partial charge in [-0.1, -0.05) is 24.3 Å². The second kappa shape index (κ2) is 7.47. The molecular weight excluding hydrogens is 326 g/mol. The number of carbonyl (C=O) groups excluding carboxylic acids is 1. The minimum atomic E-state index is -0.103. The van der Waals surface area contributed by atoms with E-state index in [4.69, 9.17) is 0 Å². The molecule has 0 spiro atoms. The lowest BCUT2D eigenvalue weighted by atomic mass is 10.3. The third-order valence-corrected chi connectivity index (χ3v) is 4.73. The van der Waals surface area contributed by atoms with Crippen LogP contribution in [0.1, 0.15) is 12.1 Å². The van der Waals surface area contributed by atoms with E-state index in [1.807, 2.05) is 53.2 Å². The molecule has 1 fully saturated rings. The maximum Gasteiger partial charge on any atom is 0.315 e. The van der Waals surface area contributed by atoms with Crippen LogP contribution in [-0.2, 0) is 6.42 Å². The number of benzene rings is 1. The van der Waals surface area contributed by atoms with Crippen molar-refractivity contribution in [2.75, 3.05) is 24.5 Å².